The number of amides is 1. The molecule has 0 N–H and O–H groups in total. The van der Waals surface area contributed by atoms with Gasteiger partial charge in [0.15, 0.2) is 0 Å². The van der Waals surface area contributed by atoms with E-state index in [2.05, 4.69) is 0 Å². The van der Waals surface area contributed by atoms with Gasteiger partial charge in [0.05, 0.1) is 23.6 Å². The molecule has 0 aromatic heterocycles. The minimum Gasteiger partial charge on any atom is -0.444 e. The van der Waals surface area contributed by atoms with Gasteiger partial charge in [0.25, 0.3) is 10.1 Å². The van der Waals surface area contributed by atoms with Crippen LogP contribution in [0, 0.1) is 6.92 Å². The number of rotatable bonds is 10. The van der Waals surface area contributed by atoms with Crippen molar-refractivity contribution in [1.82, 2.24) is 4.90 Å². The maximum atomic E-state index is 12.8. The Labute approximate surface area is 192 Å². The molecule has 0 bridgehead atoms. The number of aryl methyl sites for hydroxylation is 1. The van der Waals surface area contributed by atoms with Crippen molar-refractivity contribution in [2.45, 2.75) is 82.4 Å². The second kappa shape index (κ2) is 12.0. The van der Waals surface area contributed by atoms with E-state index in [1.807, 2.05) is 27.7 Å². The molecule has 1 saturated heterocycles. The molecule has 0 unspecified atom stereocenters. The molecule has 0 spiro atoms. The van der Waals surface area contributed by atoms with Crippen molar-refractivity contribution in [3.8, 4) is 0 Å². The van der Waals surface area contributed by atoms with Gasteiger partial charge < -0.3 is 19.1 Å². The van der Waals surface area contributed by atoms with Crippen LogP contribution in [0.25, 0.3) is 0 Å². The number of hydrogen-bond acceptors (Lipinski definition) is 7. The van der Waals surface area contributed by atoms with Gasteiger partial charge in [0.1, 0.15) is 12.4 Å². The molecule has 2 atom stereocenters. The normalized spacial score (nSPS) is 19.7. The van der Waals surface area contributed by atoms with E-state index >= 15 is 0 Å². The molecular weight excluding hydrogens is 434 g/mol. The lowest BCUT2D eigenvalue weighted by Gasteiger charge is -2.41. The molecular formula is C23H37NO7S. The lowest BCUT2D eigenvalue weighted by atomic mass is 9.94. The summed E-state index contributed by atoms with van der Waals surface area (Å²) in [7, 11) is -2.21. The van der Waals surface area contributed by atoms with Gasteiger partial charge in [-0.25, -0.2) is 4.79 Å². The zero-order valence-corrected chi connectivity index (χ0v) is 20.7. The Kier molecular flexibility index (Phi) is 9.94. The second-order valence-electron chi connectivity index (χ2n) is 9.08. The lowest BCUT2D eigenvalue weighted by Crippen LogP contribution is -2.53. The number of hydrogen-bond donors (Lipinski definition) is 0. The summed E-state index contributed by atoms with van der Waals surface area (Å²) in [6, 6.07) is 6.41. The van der Waals surface area contributed by atoms with E-state index in [0.717, 1.165) is 18.4 Å². The van der Waals surface area contributed by atoms with Crippen molar-refractivity contribution in [1.29, 1.82) is 0 Å². The van der Waals surface area contributed by atoms with Crippen LogP contribution in [0.4, 0.5) is 4.79 Å². The Morgan fingerprint density at radius 1 is 1.16 bits per heavy atom. The fourth-order valence-electron chi connectivity index (χ4n) is 3.66. The van der Waals surface area contributed by atoms with Crippen LogP contribution in [0.3, 0.4) is 0 Å². The quantitative estimate of drug-likeness (QED) is 0.286. The number of benzene rings is 1. The van der Waals surface area contributed by atoms with Crippen molar-refractivity contribution >= 4 is 16.2 Å². The van der Waals surface area contributed by atoms with Gasteiger partial charge in [-0.3, -0.25) is 4.18 Å². The van der Waals surface area contributed by atoms with Gasteiger partial charge in [0, 0.05) is 13.7 Å². The molecule has 1 fully saturated rings. The predicted molar refractivity (Wildman–Crippen MR) is 121 cm³/mol. The number of likely N-dealkylation sites (tertiary alicyclic amines) is 1. The van der Waals surface area contributed by atoms with Crippen molar-refractivity contribution in [3.63, 3.8) is 0 Å². The van der Waals surface area contributed by atoms with Crippen LogP contribution < -0.4 is 0 Å². The summed E-state index contributed by atoms with van der Waals surface area (Å²) >= 11 is 0. The highest BCUT2D eigenvalue weighted by molar-refractivity contribution is 7.86. The molecule has 32 heavy (non-hydrogen) atoms. The molecule has 1 aromatic rings. The van der Waals surface area contributed by atoms with Crippen LogP contribution in [0.2, 0.25) is 0 Å². The maximum absolute atomic E-state index is 12.8. The minimum absolute atomic E-state index is 0.0823. The Balaban J connectivity index is 1.92. The first-order valence-corrected chi connectivity index (χ1v) is 12.5. The molecule has 1 aliphatic rings. The first-order chi connectivity index (χ1) is 15.0. The van der Waals surface area contributed by atoms with Crippen molar-refractivity contribution < 1.29 is 31.6 Å². The van der Waals surface area contributed by atoms with E-state index in [0.29, 0.717) is 25.8 Å². The molecule has 0 aliphatic carbocycles. The average Bonchev–Trinajstić information content (AvgIpc) is 2.71. The number of ether oxygens (including phenoxy) is 3. The molecule has 0 saturated carbocycles. The predicted octanol–water partition coefficient (Wildman–Crippen LogP) is 4.26. The zero-order valence-electron chi connectivity index (χ0n) is 19.8. The van der Waals surface area contributed by atoms with E-state index in [9.17, 15) is 13.2 Å². The number of carbonyl (C=O) groups excluding carboxylic acids is 1. The van der Waals surface area contributed by atoms with E-state index < -0.39 is 15.7 Å². The van der Waals surface area contributed by atoms with Gasteiger partial charge in [-0.2, -0.15) is 8.42 Å². The van der Waals surface area contributed by atoms with Gasteiger partial charge >= 0.3 is 6.09 Å². The number of methoxy groups -OCH3 is 1. The molecule has 182 valence electrons. The van der Waals surface area contributed by atoms with E-state index in [1.54, 1.807) is 36.3 Å². The van der Waals surface area contributed by atoms with Gasteiger partial charge in [-0.15, -0.1) is 0 Å². The SMILES string of the molecule is COCO[C@H]1CCCN(C(=O)OC(C)(C)C)[C@@H]1CCCCOS(=O)(=O)c1ccc(C)cc1. The standard InChI is InChI=1S/C23H37NO7S/c1-18-11-13-19(14-12-18)32(26,27)30-16-7-6-9-20-21(29-17-28-5)10-8-15-24(20)22(25)31-23(2,3)4/h11-14,20-21H,6-10,15-17H2,1-5H3/t20-,21+/m1/s1. The minimum atomic E-state index is -3.78. The Morgan fingerprint density at radius 2 is 1.84 bits per heavy atom. The fraction of sp³-hybridized carbons (Fsp3) is 0.696. The topological polar surface area (TPSA) is 91.4 Å². The van der Waals surface area contributed by atoms with Gasteiger partial charge in [-0.1, -0.05) is 17.7 Å². The molecule has 2 rings (SSSR count). The number of nitrogens with zero attached hydrogens (tertiary/aromatic N) is 1. The number of piperidine rings is 1. The summed E-state index contributed by atoms with van der Waals surface area (Å²) < 4.78 is 46.3. The Bertz CT molecular complexity index is 818. The fourth-order valence-corrected chi connectivity index (χ4v) is 4.60. The van der Waals surface area contributed by atoms with Crippen molar-refractivity contribution in [2.75, 3.05) is 27.1 Å². The average molecular weight is 472 g/mol. The molecule has 0 radical (unpaired) electrons. The van der Waals surface area contributed by atoms with E-state index in [-0.39, 0.29) is 36.5 Å². The molecule has 1 aromatic carbocycles. The van der Waals surface area contributed by atoms with Crippen LogP contribution in [0.15, 0.2) is 29.2 Å². The largest absolute Gasteiger partial charge is 0.444 e. The third kappa shape index (κ3) is 8.35. The van der Waals surface area contributed by atoms with Crippen molar-refractivity contribution in [3.05, 3.63) is 29.8 Å². The van der Waals surface area contributed by atoms with Crippen LogP contribution >= 0.6 is 0 Å². The van der Waals surface area contributed by atoms with Gasteiger partial charge in [0.2, 0.25) is 0 Å². The summed E-state index contributed by atoms with van der Waals surface area (Å²) in [5.74, 6) is 0. The molecule has 1 amide bonds. The summed E-state index contributed by atoms with van der Waals surface area (Å²) in [4.78, 5) is 14.6. The Morgan fingerprint density at radius 3 is 2.47 bits per heavy atom. The monoisotopic (exact) mass is 471 g/mol. The van der Waals surface area contributed by atoms with Crippen LogP contribution in [0.5, 0.6) is 0 Å². The summed E-state index contributed by atoms with van der Waals surface area (Å²) in [5, 5.41) is 0. The first kappa shape index (κ1) is 26.6. The molecule has 9 heteroatoms. The van der Waals surface area contributed by atoms with E-state index in [1.165, 1.54) is 0 Å². The number of unbranched alkanes of at least 4 members (excludes halogenated alkanes) is 1. The summed E-state index contributed by atoms with van der Waals surface area (Å²) in [6.45, 7) is 8.26. The second-order valence-corrected chi connectivity index (χ2v) is 10.7. The van der Waals surface area contributed by atoms with Crippen LogP contribution in [-0.4, -0.2) is 64.2 Å². The third-order valence-electron chi connectivity index (χ3n) is 5.19. The highest BCUT2D eigenvalue weighted by Gasteiger charge is 2.36. The first-order valence-electron chi connectivity index (χ1n) is 11.1. The molecule has 1 aliphatic heterocycles. The van der Waals surface area contributed by atoms with E-state index in [4.69, 9.17) is 18.4 Å². The summed E-state index contributed by atoms with van der Waals surface area (Å²) in [5.41, 5.74) is 0.399. The third-order valence-corrected chi connectivity index (χ3v) is 6.51. The maximum Gasteiger partial charge on any atom is 0.410 e. The molecule has 8 nitrogen and oxygen atoms in total. The van der Waals surface area contributed by atoms with Crippen LogP contribution in [-0.2, 0) is 28.5 Å². The van der Waals surface area contributed by atoms with Crippen LogP contribution in [0.1, 0.15) is 58.4 Å². The zero-order chi connectivity index (χ0) is 23.8. The Hall–Kier alpha value is -1.68. The smallest absolute Gasteiger partial charge is 0.410 e. The summed E-state index contributed by atoms with van der Waals surface area (Å²) in [6.07, 6.45) is 3.01. The van der Waals surface area contributed by atoms with Gasteiger partial charge in [-0.05, 0) is 71.9 Å². The highest BCUT2D eigenvalue weighted by Crippen LogP contribution is 2.27. The highest BCUT2D eigenvalue weighted by atomic mass is 32.2. The van der Waals surface area contributed by atoms with Crippen molar-refractivity contribution in [2.24, 2.45) is 0 Å². The molecule has 1 heterocycles. The lowest BCUT2D eigenvalue weighted by molar-refractivity contribution is -0.115. The number of carbonyl (C=O) groups is 1.